The molecule has 1 unspecified atom stereocenters. The summed E-state index contributed by atoms with van der Waals surface area (Å²) in [5.41, 5.74) is 0.628. The van der Waals surface area contributed by atoms with E-state index in [2.05, 4.69) is 15.9 Å². The van der Waals surface area contributed by atoms with Crippen LogP contribution < -0.4 is 4.90 Å². The largest absolute Gasteiger partial charge is 0.464 e. The van der Waals surface area contributed by atoms with Crippen molar-refractivity contribution in [2.75, 3.05) is 11.5 Å². The molecule has 0 saturated carbocycles. The summed E-state index contributed by atoms with van der Waals surface area (Å²) in [4.78, 5) is 25.9. The molecule has 0 bridgehead atoms. The van der Waals surface area contributed by atoms with E-state index in [0.29, 0.717) is 18.7 Å². The monoisotopic (exact) mass is 349 g/mol. The molecule has 3 rings (SSSR count). The second-order valence-electron chi connectivity index (χ2n) is 4.60. The minimum absolute atomic E-state index is 0.192. The fourth-order valence-corrected chi connectivity index (χ4v) is 2.54. The number of ether oxygens (including phenoxy) is 1. The number of rotatable bonds is 3. The highest BCUT2D eigenvalue weighted by Crippen LogP contribution is 2.26. The summed E-state index contributed by atoms with van der Waals surface area (Å²) < 4.78 is 11.0. The number of furan rings is 1. The van der Waals surface area contributed by atoms with Crippen LogP contribution in [0.2, 0.25) is 0 Å². The van der Waals surface area contributed by atoms with E-state index in [1.54, 1.807) is 24.3 Å². The Kier molecular flexibility index (Phi) is 3.79. The van der Waals surface area contributed by atoms with E-state index < -0.39 is 12.0 Å². The van der Waals surface area contributed by atoms with Gasteiger partial charge in [-0.1, -0.05) is 15.9 Å². The fraction of sp³-hybridized carbons (Fsp3) is 0.200. The SMILES string of the molecule is O=C1OCCC1N(C(=O)c1ccco1)c1ccc(Br)cc1. The molecule has 0 N–H and O–H groups in total. The lowest BCUT2D eigenvalue weighted by Gasteiger charge is -2.25. The number of hydrogen-bond donors (Lipinski definition) is 0. The van der Waals surface area contributed by atoms with Gasteiger partial charge in [0.1, 0.15) is 6.04 Å². The molecule has 1 saturated heterocycles. The van der Waals surface area contributed by atoms with Crippen molar-refractivity contribution in [2.45, 2.75) is 12.5 Å². The summed E-state index contributed by atoms with van der Waals surface area (Å²) in [6.07, 6.45) is 1.90. The molecule has 1 aliphatic heterocycles. The van der Waals surface area contributed by atoms with Crippen molar-refractivity contribution < 1.29 is 18.7 Å². The quantitative estimate of drug-likeness (QED) is 0.799. The Morgan fingerprint density at radius 2 is 2.00 bits per heavy atom. The van der Waals surface area contributed by atoms with Crippen LogP contribution in [0.3, 0.4) is 0 Å². The summed E-state index contributed by atoms with van der Waals surface area (Å²) in [5, 5.41) is 0. The number of hydrogen-bond acceptors (Lipinski definition) is 4. The van der Waals surface area contributed by atoms with Crippen LogP contribution in [0.15, 0.2) is 51.6 Å². The Morgan fingerprint density at radius 3 is 2.57 bits per heavy atom. The highest BCUT2D eigenvalue weighted by Gasteiger charge is 2.37. The minimum atomic E-state index is -0.622. The molecule has 0 radical (unpaired) electrons. The van der Waals surface area contributed by atoms with Gasteiger partial charge in [0.25, 0.3) is 5.91 Å². The number of amides is 1. The Morgan fingerprint density at radius 1 is 1.24 bits per heavy atom. The summed E-state index contributed by atoms with van der Waals surface area (Å²) >= 11 is 3.35. The van der Waals surface area contributed by atoms with Gasteiger partial charge in [-0.15, -0.1) is 0 Å². The van der Waals surface area contributed by atoms with Crippen molar-refractivity contribution in [1.29, 1.82) is 0 Å². The van der Waals surface area contributed by atoms with Crippen LogP contribution in [-0.4, -0.2) is 24.5 Å². The molecular formula is C15H12BrNO4. The first-order chi connectivity index (χ1) is 10.2. The summed E-state index contributed by atoms with van der Waals surface area (Å²) in [5.74, 6) is -0.554. The van der Waals surface area contributed by atoms with Gasteiger partial charge in [-0.05, 0) is 36.4 Å². The highest BCUT2D eigenvalue weighted by molar-refractivity contribution is 9.10. The predicted octanol–water partition coefficient (Wildman–Crippen LogP) is 3.00. The number of carbonyl (C=O) groups is 2. The predicted molar refractivity (Wildman–Crippen MR) is 79.0 cm³/mol. The molecule has 21 heavy (non-hydrogen) atoms. The molecule has 1 atom stereocenters. The number of halogens is 1. The molecule has 108 valence electrons. The minimum Gasteiger partial charge on any atom is -0.464 e. The van der Waals surface area contributed by atoms with Gasteiger partial charge >= 0.3 is 5.97 Å². The summed E-state index contributed by atoms with van der Waals surface area (Å²) in [6, 6.07) is 9.78. The molecule has 0 spiro atoms. The van der Waals surface area contributed by atoms with Crippen molar-refractivity contribution in [3.05, 3.63) is 52.9 Å². The average Bonchev–Trinajstić information content (AvgIpc) is 3.13. The van der Waals surface area contributed by atoms with Crippen molar-refractivity contribution in [1.82, 2.24) is 0 Å². The maximum absolute atomic E-state index is 12.6. The third-order valence-electron chi connectivity index (χ3n) is 3.27. The molecule has 6 heteroatoms. The van der Waals surface area contributed by atoms with Gasteiger partial charge in [0.05, 0.1) is 12.9 Å². The number of anilines is 1. The van der Waals surface area contributed by atoms with Crippen LogP contribution in [0.1, 0.15) is 17.0 Å². The second-order valence-corrected chi connectivity index (χ2v) is 5.52. The van der Waals surface area contributed by atoms with Gasteiger partial charge < -0.3 is 9.15 Å². The molecule has 1 aliphatic rings. The number of benzene rings is 1. The lowest BCUT2D eigenvalue weighted by Crippen LogP contribution is -2.43. The molecular weight excluding hydrogens is 338 g/mol. The summed E-state index contributed by atoms with van der Waals surface area (Å²) in [7, 11) is 0. The van der Waals surface area contributed by atoms with E-state index >= 15 is 0 Å². The Hall–Kier alpha value is -2.08. The molecule has 5 nitrogen and oxygen atoms in total. The second kappa shape index (κ2) is 5.73. The first-order valence-electron chi connectivity index (χ1n) is 6.46. The number of esters is 1. The Balaban J connectivity index is 2.00. The van der Waals surface area contributed by atoms with E-state index in [4.69, 9.17) is 9.15 Å². The van der Waals surface area contributed by atoms with Crippen LogP contribution in [0.25, 0.3) is 0 Å². The van der Waals surface area contributed by atoms with E-state index in [9.17, 15) is 9.59 Å². The van der Waals surface area contributed by atoms with Gasteiger partial charge in [0.15, 0.2) is 5.76 Å². The zero-order valence-electron chi connectivity index (χ0n) is 11.0. The van der Waals surface area contributed by atoms with Crippen LogP contribution in [0.5, 0.6) is 0 Å². The lowest BCUT2D eigenvalue weighted by molar-refractivity contribution is -0.139. The van der Waals surface area contributed by atoms with Crippen molar-refractivity contribution in [2.24, 2.45) is 0 Å². The van der Waals surface area contributed by atoms with Crippen LogP contribution in [0, 0.1) is 0 Å². The van der Waals surface area contributed by atoms with Gasteiger partial charge in [0, 0.05) is 16.6 Å². The third kappa shape index (κ3) is 2.71. The first kappa shape index (κ1) is 13.9. The molecule has 1 aromatic heterocycles. The number of carbonyl (C=O) groups excluding carboxylic acids is 2. The normalized spacial score (nSPS) is 17.6. The van der Waals surface area contributed by atoms with Gasteiger partial charge in [0.2, 0.25) is 0 Å². The van der Waals surface area contributed by atoms with Crippen LogP contribution in [0.4, 0.5) is 5.69 Å². The van der Waals surface area contributed by atoms with Crippen molar-refractivity contribution in [3.8, 4) is 0 Å². The molecule has 1 amide bonds. The van der Waals surface area contributed by atoms with Gasteiger partial charge in [-0.25, -0.2) is 4.79 Å². The van der Waals surface area contributed by atoms with Crippen LogP contribution in [-0.2, 0) is 9.53 Å². The van der Waals surface area contributed by atoms with E-state index in [-0.39, 0.29) is 11.7 Å². The zero-order chi connectivity index (χ0) is 14.8. The molecule has 2 aromatic rings. The smallest absolute Gasteiger partial charge is 0.329 e. The van der Waals surface area contributed by atoms with E-state index in [1.165, 1.54) is 11.2 Å². The molecule has 0 aliphatic carbocycles. The zero-order valence-corrected chi connectivity index (χ0v) is 12.6. The van der Waals surface area contributed by atoms with Crippen molar-refractivity contribution >= 4 is 33.5 Å². The number of cyclic esters (lactones) is 1. The fourth-order valence-electron chi connectivity index (χ4n) is 2.28. The van der Waals surface area contributed by atoms with Gasteiger partial charge in [-0.3, -0.25) is 9.69 Å². The van der Waals surface area contributed by atoms with E-state index in [1.807, 2.05) is 12.1 Å². The Bertz CT molecular complexity index is 651. The lowest BCUT2D eigenvalue weighted by atomic mass is 10.1. The molecule has 2 heterocycles. The topological polar surface area (TPSA) is 59.8 Å². The third-order valence-corrected chi connectivity index (χ3v) is 3.80. The summed E-state index contributed by atoms with van der Waals surface area (Å²) in [6.45, 7) is 0.321. The maximum Gasteiger partial charge on any atom is 0.329 e. The highest BCUT2D eigenvalue weighted by atomic mass is 79.9. The molecule has 1 aromatic carbocycles. The molecule has 1 fully saturated rings. The standard InChI is InChI=1S/C15H12BrNO4/c16-10-3-5-11(6-4-10)17(12-7-9-21-15(12)19)14(18)13-2-1-8-20-13/h1-6,8,12H,7,9H2. The first-order valence-corrected chi connectivity index (χ1v) is 7.25. The maximum atomic E-state index is 12.6. The Labute approximate surface area is 129 Å². The average molecular weight is 350 g/mol. The van der Waals surface area contributed by atoms with Crippen molar-refractivity contribution in [3.63, 3.8) is 0 Å². The van der Waals surface area contributed by atoms with E-state index in [0.717, 1.165) is 4.47 Å². The number of nitrogens with zero attached hydrogens (tertiary/aromatic N) is 1. The van der Waals surface area contributed by atoms with Gasteiger partial charge in [-0.2, -0.15) is 0 Å². The van der Waals surface area contributed by atoms with Crippen LogP contribution >= 0.6 is 15.9 Å².